The first-order valence-corrected chi connectivity index (χ1v) is 10.9. The first-order chi connectivity index (χ1) is 16.6. The molecule has 1 atom stereocenters. The van der Waals surface area contributed by atoms with Gasteiger partial charge < -0.3 is 9.09 Å². The van der Waals surface area contributed by atoms with Crippen molar-refractivity contribution in [2.45, 2.75) is 39.5 Å². The average Bonchev–Trinajstić information content (AvgIpc) is 3.49. The number of benzene rings is 1. The first-order valence-electron chi connectivity index (χ1n) is 10.9. The molecule has 0 unspecified atom stereocenters. The van der Waals surface area contributed by atoms with Crippen molar-refractivity contribution in [2.75, 3.05) is 0 Å². The Labute approximate surface area is 197 Å². The van der Waals surface area contributed by atoms with E-state index in [-0.39, 0.29) is 11.9 Å². The maximum absolute atomic E-state index is 13.5. The second kappa shape index (κ2) is 8.37. The largest absolute Gasteiger partial charge is 0.408 e. The molecule has 4 heterocycles. The van der Waals surface area contributed by atoms with E-state index < -0.39 is 12.7 Å². The summed E-state index contributed by atoms with van der Waals surface area (Å²) < 4.78 is 60.2. The normalized spacial score (nSPS) is 13.0. The molecule has 0 saturated heterocycles. The number of alkyl halides is 3. The van der Waals surface area contributed by atoms with Gasteiger partial charge in [0.25, 0.3) is 0 Å². The number of pyridine rings is 1. The summed E-state index contributed by atoms with van der Waals surface area (Å²) in [6.07, 6.45) is 1.93. The van der Waals surface area contributed by atoms with Crippen molar-refractivity contribution in [3.63, 3.8) is 0 Å². The van der Waals surface area contributed by atoms with Crippen molar-refractivity contribution in [3.05, 3.63) is 78.0 Å². The number of hydrogen-bond acceptors (Lipinski definition) is 4. The van der Waals surface area contributed by atoms with Crippen LogP contribution in [0.4, 0.5) is 17.6 Å². The summed E-state index contributed by atoms with van der Waals surface area (Å²) in [5, 5.41) is 7.91. The topological polar surface area (TPSA) is 61.7 Å². The Morgan fingerprint density at radius 2 is 1.77 bits per heavy atom. The molecule has 5 aromatic rings. The Bertz CT molecular complexity index is 1490. The highest BCUT2D eigenvalue weighted by atomic mass is 19.4. The standard InChI is InChI=1S/C25H21F4N5O/c1-14-23(16(3)35-32-14)18-8-22-24(30-9-18)21(19-10-31-33(11-19)13-25(27,28)29)12-34(22)15(2)17-4-6-20(26)7-5-17/h4-12,15H,13H2,1-3H3/t15-/m0/s1. The molecule has 4 aromatic heterocycles. The minimum Gasteiger partial charge on any atom is -0.361 e. The van der Waals surface area contributed by atoms with E-state index in [0.29, 0.717) is 22.4 Å². The number of halogens is 4. The Morgan fingerprint density at radius 3 is 2.43 bits per heavy atom. The Morgan fingerprint density at radius 1 is 1.03 bits per heavy atom. The third-order valence-electron chi connectivity index (χ3n) is 6.05. The van der Waals surface area contributed by atoms with Crippen LogP contribution in [-0.2, 0) is 6.54 Å². The van der Waals surface area contributed by atoms with Crippen molar-refractivity contribution in [3.8, 4) is 22.3 Å². The second-order valence-electron chi connectivity index (χ2n) is 8.51. The molecule has 6 nitrogen and oxygen atoms in total. The highest BCUT2D eigenvalue weighted by Gasteiger charge is 2.29. The lowest BCUT2D eigenvalue weighted by Gasteiger charge is -2.16. The summed E-state index contributed by atoms with van der Waals surface area (Å²) >= 11 is 0. The van der Waals surface area contributed by atoms with Crippen LogP contribution in [0.2, 0.25) is 0 Å². The van der Waals surface area contributed by atoms with Gasteiger partial charge in [-0.15, -0.1) is 0 Å². The number of aromatic nitrogens is 5. The fourth-order valence-corrected chi connectivity index (χ4v) is 4.37. The fraction of sp³-hybridized carbons (Fsp3) is 0.240. The van der Waals surface area contributed by atoms with Gasteiger partial charge in [0.05, 0.1) is 29.0 Å². The van der Waals surface area contributed by atoms with Gasteiger partial charge in [0.2, 0.25) is 0 Å². The predicted octanol–water partition coefficient (Wildman–Crippen LogP) is 6.48. The van der Waals surface area contributed by atoms with Gasteiger partial charge in [0.1, 0.15) is 18.1 Å². The maximum atomic E-state index is 13.5. The molecule has 0 aliphatic heterocycles. The summed E-state index contributed by atoms with van der Waals surface area (Å²) in [4.78, 5) is 4.68. The summed E-state index contributed by atoms with van der Waals surface area (Å²) in [7, 11) is 0. The maximum Gasteiger partial charge on any atom is 0.408 e. The van der Waals surface area contributed by atoms with Gasteiger partial charge in [-0.3, -0.25) is 9.67 Å². The molecule has 0 saturated carbocycles. The van der Waals surface area contributed by atoms with Crippen LogP contribution >= 0.6 is 0 Å². The Hall–Kier alpha value is -3.95. The SMILES string of the molecule is Cc1noc(C)c1-c1cnc2c(-c3cnn(CC(F)(F)F)c3)cn([C@@H](C)c3ccc(F)cc3)c2c1. The summed E-state index contributed by atoms with van der Waals surface area (Å²) in [5.74, 6) is 0.320. The predicted molar refractivity (Wildman–Crippen MR) is 122 cm³/mol. The number of nitrogens with zero attached hydrogens (tertiary/aromatic N) is 5. The fourth-order valence-electron chi connectivity index (χ4n) is 4.37. The molecule has 0 bridgehead atoms. The van der Waals surface area contributed by atoms with Gasteiger partial charge in [-0.05, 0) is 44.5 Å². The quantitative estimate of drug-likeness (QED) is 0.268. The summed E-state index contributed by atoms with van der Waals surface area (Å²) in [6.45, 7) is 4.45. The van der Waals surface area contributed by atoms with E-state index in [0.717, 1.165) is 32.6 Å². The first kappa shape index (κ1) is 22.8. The third-order valence-corrected chi connectivity index (χ3v) is 6.05. The number of fused-ring (bicyclic) bond motifs is 1. The molecule has 0 radical (unpaired) electrons. The van der Waals surface area contributed by atoms with Crippen LogP contribution in [0.5, 0.6) is 0 Å². The molecular formula is C25H21F4N5O. The number of rotatable bonds is 5. The van der Waals surface area contributed by atoms with E-state index in [9.17, 15) is 17.6 Å². The minimum absolute atomic E-state index is 0.209. The zero-order chi connectivity index (χ0) is 24.9. The van der Waals surface area contributed by atoms with Gasteiger partial charge in [-0.2, -0.15) is 18.3 Å². The van der Waals surface area contributed by atoms with E-state index in [1.54, 1.807) is 18.3 Å². The smallest absolute Gasteiger partial charge is 0.361 e. The Kier molecular flexibility index (Phi) is 5.46. The van der Waals surface area contributed by atoms with Crippen molar-refractivity contribution >= 4 is 11.0 Å². The van der Waals surface area contributed by atoms with Gasteiger partial charge in [0.15, 0.2) is 0 Å². The molecule has 5 rings (SSSR count). The monoisotopic (exact) mass is 483 g/mol. The molecule has 0 amide bonds. The van der Waals surface area contributed by atoms with E-state index in [1.165, 1.54) is 24.5 Å². The van der Waals surface area contributed by atoms with Crippen LogP contribution in [0.3, 0.4) is 0 Å². The lowest BCUT2D eigenvalue weighted by molar-refractivity contribution is -0.142. The molecule has 1 aromatic carbocycles. The number of hydrogen-bond donors (Lipinski definition) is 0. The van der Waals surface area contributed by atoms with Crippen LogP contribution in [0.1, 0.15) is 30.0 Å². The van der Waals surface area contributed by atoms with Crippen molar-refractivity contribution in [2.24, 2.45) is 0 Å². The summed E-state index contributed by atoms with van der Waals surface area (Å²) in [6, 6.07) is 7.95. The number of aryl methyl sites for hydroxylation is 2. The molecular weight excluding hydrogens is 462 g/mol. The van der Waals surface area contributed by atoms with Gasteiger partial charge in [-0.25, -0.2) is 4.39 Å². The van der Waals surface area contributed by atoms with Crippen LogP contribution in [0.25, 0.3) is 33.3 Å². The molecule has 0 fully saturated rings. The van der Waals surface area contributed by atoms with E-state index in [2.05, 4.69) is 15.2 Å². The van der Waals surface area contributed by atoms with Crippen molar-refractivity contribution < 1.29 is 22.1 Å². The lowest BCUT2D eigenvalue weighted by Crippen LogP contribution is -2.17. The van der Waals surface area contributed by atoms with Crippen molar-refractivity contribution in [1.29, 1.82) is 0 Å². The van der Waals surface area contributed by atoms with Crippen LogP contribution in [0, 0.1) is 19.7 Å². The lowest BCUT2D eigenvalue weighted by atomic mass is 10.0. The third kappa shape index (κ3) is 4.31. The minimum atomic E-state index is -4.38. The van der Waals surface area contributed by atoms with E-state index in [4.69, 9.17) is 4.52 Å². The zero-order valence-corrected chi connectivity index (χ0v) is 19.1. The zero-order valence-electron chi connectivity index (χ0n) is 19.1. The van der Waals surface area contributed by atoms with Crippen LogP contribution in [0.15, 0.2) is 59.6 Å². The van der Waals surface area contributed by atoms with Gasteiger partial charge >= 0.3 is 6.18 Å². The molecule has 0 spiro atoms. The van der Waals surface area contributed by atoms with E-state index >= 15 is 0 Å². The van der Waals surface area contributed by atoms with Crippen LogP contribution < -0.4 is 0 Å². The molecule has 35 heavy (non-hydrogen) atoms. The van der Waals surface area contributed by atoms with E-state index in [1.807, 2.05) is 37.6 Å². The molecule has 10 heteroatoms. The summed E-state index contributed by atoms with van der Waals surface area (Å²) in [5.41, 5.74) is 5.76. The van der Waals surface area contributed by atoms with Crippen LogP contribution in [-0.4, -0.2) is 30.7 Å². The van der Waals surface area contributed by atoms with Gasteiger partial charge in [0, 0.05) is 40.8 Å². The molecule has 0 aliphatic rings. The highest BCUT2D eigenvalue weighted by molar-refractivity contribution is 5.95. The van der Waals surface area contributed by atoms with Gasteiger partial charge in [-0.1, -0.05) is 17.3 Å². The molecule has 180 valence electrons. The molecule has 0 N–H and O–H groups in total. The average molecular weight is 483 g/mol. The van der Waals surface area contributed by atoms with Crippen molar-refractivity contribution in [1.82, 2.24) is 24.5 Å². The molecule has 0 aliphatic carbocycles. The Balaban J connectivity index is 1.68. The highest BCUT2D eigenvalue weighted by Crippen LogP contribution is 2.36. The second-order valence-corrected chi connectivity index (χ2v) is 8.51.